The van der Waals surface area contributed by atoms with Crippen LogP contribution in [0.25, 0.3) is 10.9 Å². The highest BCUT2D eigenvalue weighted by Crippen LogP contribution is 2.35. The van der Waals surface area contributed by atoms with Crippen LogP contribution in [-0.4, -0.2) is 45.2 Å². The normalized spacial score (nSPS) is 27.1. The average Bonchev–Trinajstić information content (AvgIpc) is 3.15. The molecule has 2 atom stereocenters. The summed E-state index contributed by atoms with van der Waals surface area (Å²) in [5.41, 5.74) is 3.38. The summed E-state index contributed by atoms with van der Waals surface area (Å²) in [6, 6.07) is 7.64. The number of carbonyl (C=O) groups is 2. The molecule has 2 amide bonds. The van der Waals surface area contributed by atoms with Gasteiger partial charge in [-0.25, -0.2) is 0 Å². The molecule has 0 spiro atoms. The number of aromatic nitrogens is 1. The Hall–Kier alpha value is -2.30. The van der Waals surface area contributed by atoms with Crippen molar-refractivity contribution in [2.24, 2.45) is 0 Å². The molecule has 112 valence electrons. The van der Waals surface area contributed by atoms with E-state index in [1.54, 1.807) is 4.90 Å². The molecule has 0 bridgehead atoms. The number of carbonyl (C=O) groups excluding carboxylic acids is 2. The predicted octanol–water partition coefficient (Wildman–Crippen LogP) is 1.43. The van der Waals surface area contributed by atoms with Gasteiger partial charge in [-0.1, -0.05) is 18.2 Å². The number of hydrogen-bond donors (Lipinski definition) is 1. The van der Waals surface area contributed by atoms with Gasteiger partial charge in [0.25, 0.3) is 0 Å². The molecule has 22 heavy (non-hydrogen) atoms. The van der Waals surface area contributed by atoms with Gasteiger partial charge in [0.05, 0.1) is 6.54 Å². The third-order valence-corrected chi connectivity index (χ3v) is 5.39. The number of nitrogens with zero attached hydrogens (tertiary/aromatic N) is 2. The molecule has 1 aromatic heterocycles. The fourth-order valence-corrected chi connectivity index (χ4v) is 4.33. The Balaban J connectivity index is 1.62. The van der Waals surface area contributed by atoms with Gasteiger partial charge in [0.15, 0.2) is 0 Å². The fourth-order valence-electron chi connectivity index (χ4n) is 4.33. The molecule has 5 rings (SSSR count). The Kier molecular flexibility index (Phi) is 2.30. The van der Waals surface area contributed by atoms with Crippen molar-refractivity contribution < 1.29 is 9.59 Å². The van der Waals surface area contributed by atoms with Crippen LogP contribution in [0.1, 0.15) is 24.1 Å². The largest absolute Gasteiger partial charge is 0.357 e. The van der Waals surface area contributed by atoms with E-state index in [1.165, 1.54) is 10.9 Å². The van der Waals surface area contributed by atoms with Crippen LogP contribution < -0.4 is 0 Å². The fraction of sp³-hybridized carbons (Fsp3) is 0.412. The molecule has 0 unspecified atom stereocenters. The van der Waals surface area contributed by atoms with Crippen molar-refractivity contribution >= 4 is 22.7 Å². The lowest BCUT2D eigenvalue weighted by molar-refractivity contribution is -0.160. The number of aromatic amines is 1. The number of rotatable bonds is 0. The molecular weight excluding hydrogens is 278 g/mol. The second kappa shape index (κ2) is 4.12. The maximum absolute atomic E-state index is 12.8. The zero-order valence-electron chi connectivity index (χ0n) is 12.2. The molecule has 1 N–H and O–H groups in total. The number of piperazine rings is 1. The van der Waals surface area contributed by atoms with Crippen LogP contribution in [0.15, 0.2) is 24.3 Å². The summed E-state index contributed by atoms with van der Waals surface area (Å²) in [6.07, 6.45) is 2.39. The molecule has 0 saturated carbocycles. The first-order valence-electron chi connectivity index (χ1n) is 7.93. The number of para-hydroxylation sites is 1. The molecular formula is C17H17N3O2. The minimum Gasteiger partial charge on any atom is -0.357 e. The van der Waals surface area contributed by atoms with Crippen LogP contribution in [0.3, 0.4) is 0 Å². The lowest BCUT2D eigenvalue weighted by atomic mass is 9.92. The highest BCUT2D eigenvalue weighted by Gasteiger charge is 2.49. The van der Waals surface area contributed by atoms with E-state index in [2.05, 4.69) is 17.1 Å². The van der Waals surface area contributed by atoms with E-state index in [-0.39, 0.29) is 23.9 Å². The summed E-state index contributed by atoms with van der Waals surface area (Å²) >= 11 is 0. The van der Waals surface area contributed by atoms with Gasteiger partial charge in [0.1, 0.15) is 12.1 Å². The first-order chi connectivity index (χ1) is 10.7. The SMILES string of the molecule is O=C1[C@@H]2Cc3c([nH]c4ccccc34)CN2C(=O)[C@@H]2CCCN12. The van der Waals surface area contributed by atoms with Crippen LogP contribution in [0.2, 0.25) is 0 Å². The van der Waals surface area contributed by atoms with E-state index in [0.29, 0.717) is 13.0 Å². The molecule has 0 radical (unpaired) electrons. The molecule has 1 aromatic carbocycles. The number of benzene rings is 1. The van der Waals surface area contributed by atoms with Gasteiger partial charge in [0.2, 0.25) is 11.8 Å². The summed E-state index contributed by atoms with van der Waals surface area (Å²) in [6.45, 7) is 1.27. The Morgan fingerprint density at radius 3 is 2.77 bits per heavy atom. The first-order valence-corrected chi connectivity index (χ1v) is 7.93. The van der Waals surface area contributed by atoms with Gasteiger partial charge in [-0.15, -0.1) is 0 Å². The van der Waals surface area contributed by atoms with Crippen LogP contribution in [0.5, 0.6) is 0 Å². The minimum atomic E-state index is -0.312. The summed E-state index contributed by atoms with van der Waals surface area (Å²) in [4.78, 5) is 32.5. The van der Waals surface area contributed by atoms with Crippen molar-refractivity contribution in [1.29, 1.82) is 0 Å². The number of hydrogen-bond acceptors (Lipinski definition) is 2. The summed E-state index contributed by atoms with van der Waals surface area (Å²) < 4.78 is 0. The van der Waals surface area contributed by atoms with Crippen molar-refractivity contribution in [2.45, 2.75) is 37.9 Å². The topological polar surface area (TPSA) is 56.4 Å². The number of fused-ring (bicyclic) bond motifs is 5. The molecule has 3 aliphatic heterocycles. The van der Waals surface area contributed by atoms with Crippen LogP contribution in [0, 0.1) is 0 Å². The summed E-state index contributed by atoms with van der Waals surface area (Å²) in [5, 5.41) is 1.18. The number of nitrogens with one attached hydrogen (secondary N) is 1. The van der Waals surface area contributed by atoms with Gasteiger partial charge in [-0.05, 0) is 24.5 Å². The number of amides is 2. The Morgan fingerprint density at radius 1 is 1.05 bits per heavy atom. The van der Waals surface area contributed by atoms with Crippen LogP contribution in [0.4, 0.5) is 0 Å². The third-order valence-electron chi connectivity index (χ3n) is 5.39. The van der Waals surface area contributed by atoms with Gasteiger partial charge >= 0.3 is 0 Å². The molecule has 0 aliphatic carbocycles. The van der Waals surface area contributed by atoms with E-state index in [4.69, 9.17) is 0 Å². The van der Waals surface area contributed by atoms with E-state index in [1.807, 2.05) is 17.0 Å². The molecule has 3 aliphatic rings. The molecule has 2 aromatic rings. The second-order valence-electron chi connectivity index (χ2n) is 6.50. The van der Waals surface area contributed by atoms with E-state index in [0.717, 1.165) is 30.6 Å². The molecule has 2 fully saturated rings. The maximum atomic E-state index is 12.8. The van der Waals surface area contributed by atoms with E-state index in [9.17, 15) is 9.59 Å². The zero-order valence-corrected chi connectivity index (χ0v) is 12.2. The standard InChI is InChI=1S/C17H17N3O2/c21-16-14-6-3-7-19(14)17(22)15-8-11-10-4-1-2-5-12(10)18-13(11)9-20(15)16/h1-2,4-5,14-15,18H,3,6-9H2/t14-,15-/m0/s1. The minimum absolute atomic E-state index is 0.131. The summed E-state index contributed by atoms with van der Waals surface area (Å²) in [5.74, 6) is 0.268. The Morgan fingerprint density at radius 2 is 1.86 bits per heavy atom. The first kappa shape index (κ1) is 12.3. The molecule has 5 nitrogen and oxygen atoms in total. The van der Waals surface area contributed by atoms with Crippen molar-refractivity contribution in [3.8, 4) is 0 Å². The smallest absolute Gasteiger partial charge is 0.246 e. The Bertz CT molecular complexity index is 809. The monoisotopic (exact) mass is 295 g/mol. The Labute approximate surface area is 127 Å². The quantitative estimate of drug-likeness (QED) is 0.799. The predicted molar refractivity (Wildman–Crippen MR) is 81.1 cm³/mol. The third kappa shape index (κ3) is 1.43. The second-order valence-corrected chi connectivity index (χ2v) is 6.50. The maximum Gasteiger partial charge on any atom is 0.246 e. The molecule has 5 heteroatoms. The van der Waals surface area contributed by atoms with Crippen molar-refractivity contribution in [1.82, 2.24) is 14.8 Å². The molecule has 4 heterocycles. The van der Waals surface area contributed by atoms with Crippen molar-refractivity contribution in [3.63, 3.8) is 0 Å². The van der Waals surface area contributed by atoms with E-state index < -0.39 is 0 Å². The number of H-pyrrole nitrogens is 1. The van der Waals surface area contributed by atoms with E-state index >= 15 is 0 Å². The van der Waals surface area contributed by atoms with Crippen molar-refractivity contribution in [3.05, 3.63) is 35.5 Å². The van der Waals surface area contributed by atoms with Crippen LogP contribution in [-0.2, 0) is 22.6 Å². The van der Waals surface area contributed by atoms with Gasteiger partial charge in [-0.2, -0.15) is 0 Å². The zero-order chi connectivity index (χ0) is 14.8. The van der Waals surface area contributed by atoms with Crippen molar-refractivity contribution in [2.75, 3.05) is 6.54 Å². The highest BCUT2D eigenvalue weighted by atomic mass is 16.2. The highest BCUT2D eigenvalue weighted by molar-refractivity contribution is 5.99. The van der Waals surface area contributed by atoms with Crippen LogP contribution >= 0.6 is 0 Å². The lowest BCUT2D eigenvalue weighted by Crippen LogP contribution is -2.64. The van der Waals surface area contributed by atoms with Gasteiger partial charge in [0, 0.05) is 29.6 Å². The van der Waals surface area contributed by atoms with Gasteiger partial charge < -0.3 is 14.8 Å². The average molecular weight is 295 g/mol. The summed E-state index contributed by atoms with van der Waals surface area (Å²) in [7, 11) is 0. The molecule has 2 saturated heterocycles. The van der Waals surface area contributed by atoms with Gasteiger partial charge in [-0.3, -0.25) is 9.59 Å². The lowest BCUT2D eigenvalue weighted by Gasteiger charge is -2.44.